The van der Waals surface area contributed by atoms with Crippen LogP contribution >= 0.6 is 27.7 Å². The third kappa shape index (κ3) is 3.11. The highest BCUT2D eigenvalue weighted by molar-refractivity contribution is 9.10. The molecule has 0 radical (unpaired) electrons. The molecule has 0 fully saturated rings. The van der Waals surface area contributed by atoms with Crippen LogP contribution < -0.4 is 0 Å². The van der Waals surface area contributed by atoms with Crippen LogP contribution in [0.2, 0.25) is 0 Å². The van der Waals surface area contributed by atoms with Crippen LogP contribution in [-0.2, 0) is 4.79 Å². The predicted molar refractivity (Wildman–Crippen MR) is 87.1 cm³/mol. The summed E-state index contributed by atoms with van der Waals surface area (Å²) in [6.45, 7) is 0. The average molecular weight is 363 g/mol. The summed E-state index contributed by atoms with van der Waals surface area (Å²) < 4.78 is 2.94. The van der Waals surface area contributed by atoms with E-state index in [1.807, 2.05) is 35.0 Å². The van der Waals surface area contributed by atoms with E-state index in [1.165, 1.54) is 11.8 Å². The number of halogens is 1. The second-order valence-electron chi connectivity index (χ2n) is 4.44. The maximum atomic E-state index is 10.7. The summed E-state index contributed by atoms with van der Waals surface area (Å²) in [6, 6.07) is 12.2. The van der Waals surface area contributed by atoms with Crippen molar-refractivity contribution in [3.63, 3.8) is 0 Å². The maximum Gasteiger partial charge on any atom is 0.313 e. The number of carboxylic acids is 1. The molecule has 0 saturated carbocycles. The Balaban J connectivity index is 1.99. The van der Waals surface area contributed by atoms with E-state index in [0.717, 1.165) is 20.9 Å². The van der Waals surface area contributed by atoms with Gasteiger partial charge < -0.3 is 5.11 Å². The second-order valence-corrected chi connectivity index (χ2v) is 6.30. The number of hydrogen-bond donors (Lipinski definition) is 1. The van der Waals surface area contributed by atoms with Crippen LogP contribution in [0.15, 0.2) is 58.4 Å². The zero-order valence-corrected chi connectivity index (χ0v) is 13.3. The highest BCUT2D eigenvalue weighted by Gasteiger charge is 2.08. The van der Waals surface area contributed by atoms with Crippen molar-refractivity contribution in [3.05, 3.63) is 53.3 Å². The molecular weight excluding hydrogens is 352 g/mol. The number of hydrogen-bond acceptors (Lipinski definition) is 3. The number of benzene rings is 2. The van der Waals surface area contributed by atoms with E-state index in [0.29, 0.717) is 5.16 Å². The van der Waals surface area contributed by atoms with Gasteiger partial charge in [-0.25, -0.2) is 4.98 Å². The Morgan fingerprint density at radius 2 is 2.00 bits per heavy atom. The Kier molecular flexibility index (Phi) is 3.98. The molecule has 1 heterocycles. The van der Waals surface area contributed by atoms with E-state index in [1.54, 1.807) is 6.20 Å². The smallest absolute Gasteiger partial charge is 0.313 e. The molecule has 1 N–H and O–H groups in total. The first kappa shape index (κ1) is 14.2. The molecule has 21 heavy (non-hydrogen) atoms. The van der Waals surface area contributed by atoms with Crippen LogP contribution in [0.25, 0.3) is 16.5 Å². The lowest BCUT2D eigenvalue weighted by Crippen LogP contribution is -2.01. The van der Waals surface area contributed by atoms with Crippen LogP contribution in [0.1, 0.15) is 0 Å². The van der Waals surface area contributed by atoms with Gasteiger partial charge in [-0.2, -0.15) is 0 Å². The number of aromatic nitrogens is 2. The van der Waals surface area contributed by atoms with Crippen LogP contribution in [0.3, 0.4) is 0 Å². The van der Waals surface area contributed by atoms with Crippen molar-refractivity contribution < 1.29 is 9.90 Å². The van der Waals surface area contributed by atoms with Gasteiger partial charge in [-0.05, 0) is 35.0 Å². The van der Waals surface area contributed by atoms with Gasteiger partial charge in [-0.1, -0.05) is 39.8 Å². The average Bonchev–Trinajstić information content (AvgIpc) is 2.93. The fourth-order valence-corrected chi connectivity index (χ4v) is 3.15. The second kappa shape index (κ2) is 5.91. The van der Waals surface area contributed by atoms with E-state index in [-0.39, 0.29) is 5.75 Å². The van der Waals surface area contributed by atoms with Crippen molar-refractivity contribution in [2.24, 2.45) is 0 Å². The SMILES string of the molecule is O=C(O)CSc1nccn1-c1ccc2cc(Br)ccc2c1. The normalized spacial score (nSPS) is 10.9. The molecule has 3 rings (SSSR count). The first-order valence-corrected chi connectivity index (χ1v) is 7.99. The molecule has 0 spiro atoms. The van der Waals surface area contributed by atoms with E-state index >= 15 is 0 Å². The minimum atomic E-state index is -0.849. The zero-order chi connectivity index (χ0) is 14.8. The predicted octanol–water partition coefficient (Wildman–Crippen LogP) is 3.96. The molecule has 0 aliphatic rings. The molecule has 0 unspecified atom stereocenters. The molecule has 106 valence electrons. The minimum absolute atomic E-state index is 0.00244. The van der Waals surface area contributed by atoms with Crippen molar-refractivity contribution in [3.8, 4) is 5.69 Å². The maximum absolute atomic E-state index is 10.7. The molecule has 0 amide bonds. The van der Waals surface area contributed by atoms with Crippen LogP contribution in [0, 0.1) is 0 Å². The van der Waals surface area contributed by atoms with E-state index < -0.39 is 5.97 Å². The molecule has 4 nitrogen and oxygen atoms in total. The minimum Gasteiger partial charge on any atom is -0.481 e. The van der Waals surface area contributed by atoms with Gasteiger partial charge in [0.1, 0.15) is 0 Å². The first-order chi connectivity index (χ1) is 10.1. The van der Waals surface area contributed by atoms with E-state index in [2.05, 4.69) is 33.0 Å². The number of thioether (sulfide) groups is 1. The molecule has 1 aromatic heterocycles. The molecule has 0 atom stereocenters. The molecule has 0 aliphatic heterocycles. The largest absolute Gasteiger partial charge is 0.481 e. The zero-order valence-electron chi connectivity index (χ0n) is 10.9. The summed E-state index contributed by atoms with van der Waals surface area (Å²) >= 11 is 4.67. The van der Waals surface area contributed by atoms with Crippen LogP contribution in [-0.4, -0.2) is 26.4 Å². The van der Waals surface area contributed by atoms with Gasteiger partial charge in [0.05, 0.1) is 5.75 Å². The number of imidazole rings is 1. The number of nitrogens with zero attached hydrogens (tertiary/aromatic N) is 2. The van der Waals surface area contributed by atoms with Crippen LogP contribution in [0.5, 0.6) is 0 Å². The molecule has 6 heteroatoms. The molecule has 0 aliphatic carbocycles. The summed E-state index contributed by atoms with van der Waals surface area (Å²) in [5, 5.41) is 11.7. The topological polar surface area (TPSA) is 55.1 Å². The highest BCUT2D eigenvalue weighted by Crippen LogP contribution is 2.25. The van der Waals surface area contributed by atoms with E-state index in [4.69, 9.17) is 5.11 Å². The van der Waals surface area contributed by atoms with Crippen molar-refractivity contribution in [2.75, 3.05) is 5.75 Å². The van der Waals surface area contributed by atoms with Crippen molar-refractivity contribution in [1.82, 2.24) is 9.55 Å². The number of aliphatic carboxylic acids is 1. The number of fused-ring (bicyclic) bond motifs is 1. The molecule has 0 saturated heterocycles. The number of carboxylic acid groups (broad SMARTS) is 1. The van der Waals surface area contributed by atoms with Gasteiger partial charge in [0.15, 0.2) is 5.16 Å². The monoisotopic (exact) mass is 362 g/mol. The molecule has 0 bridgehead atoms. The van der Waals surface area contributed by atoms with Crippen LogP contribution in [0.4, 0.5) is 0 Å². The lowest BCUT2D eigenvalue weighted by Gasteiger charge is -2.08. The van der Waals surface area contributed by atoms with Crippen molar-refractivity contribution >= 4 is 44.4 Å². The summed E-state index contributed by atoms with van der Waals surface area (Å²) in [5.41, 5.74) is 0.968. The number of rotatable bonds is 4. The Hall–Kier alpha value is -1.79. The van der Waals surface area contributed by atoms with Gasteiger partial charge in [0, 0.05) is 22.6 Å². The van der Waals surface area contributed by atoms with E-state index in [9.17, 15) is 4.79 Å². The third-order valence-electron chi connectivity index (χ3n) is 3.00. The number of carbonyl (C=O) groups is 1. The van der Waals surface area contributed by atoms with Gasteiger partial charge >= 0.3 is 5.97 Å². The summed E-state index contributed by atoms with van der Waals surface area (Å²) in [4.78, 5) is 14.9. The Morgan fingerprint density at radius 3 is 2.81 bits per heavy atom. The third-order valence-corrected chi connectivity index (χ3v) is 4.44. The Morgan fingerprint density at radius 1 is 1.24 bits per heavy atom. The Labute approximate surface area is 133 Å². The van der Waals surface area contributed by atoms with Crippen molar-refractivity contribution in [2.45, 2.75) is 5.16 Å². The van der Waals surface area contributed by atoms with Gasteiger partial charge in [-0.3, -0.25) is 9.36 Å². The van der Waals surface area contributed by atoms with Gasteiger partial charge in [-0.15, -0.1) is 0 Å². The molecule has 2 aromatic carbocycles. The summed E-state index contributed by atoms with van der Waals surface area (Å²) in [7, 11) is 0. The molecular formula is C15H11BrN2O2S. The summed E-state index contributed by atoms with van der Waals surface area (Å²) in [6.07, 6.45) is 3.51. The quantitative estimate of drug-likeness (QED) is 0.713. The van der Waals surface area contributed by atoms with Crippen molar-refractivity contribution in [1.29, 1.82) is 0 Å². The van der Waals surface area contributed by atoms with Gasteiger partial charge in [0.25, 0.3) is 0 Å². The fraction of sp³-hybridized carbons (Fsp3) is 0.0667. The lowest BCUT2D eigenvalue weighted by molar-refractivity contribution is -0.133. The molecule has 3 aromatic rings. The standard InChI is InChI=1S/C15H11BrN2O2S/c16-12-3-1-11-8-13(4-2-10(11)7-12)18-6-5-17-15(18)21-9-14(19)20/h1-8H,9H2,(H,19,20). The highest BCUT2D eigenvalue weighted by atomic mass is 79.9. The lowest BCUT2D eigenvalue weighted by atomic mass is 10.1. The Bertz CT molecular complexity index is 816. The fourth-order valence-electron chi connectivity index (χ4n) is 2.07. The summed E-state index contributed by atoms with van der Waals surface area (Å²) in [5.74, 6) is -0.852. The van der Waals surface area contributed by atoms with Gasteiger partial charge in [0.2, 0.25) is 0 Å². The first-order valence-electron chi connectivity index (χ1n) is 6.21.